The third-order valence-electron chi connectivity index (χ3n) is 1.79. The second-order valence-corrected chi connectivity index (χ2v) is 4.30. The van der Waals surface area contributed by atoms with E-state index in [4.69, 9.17) is 34.8 Å². The topological polar surface area (TPSA) is 17.1 Å². The third-order valence-corrected chi connectivity index (χ3v) is 2.48. The standard InChI is InChI=1S/C7H5ClO.C6H4Cl2/c8-7(9)6-4-2-1-3-5-6;7-5-2-1-3-6(8)4-5/h1-5H;1-4H. The minimum atomic E-state index is -0.407. The van der Waals surface area contributed by atoms with Gasteiger partial charge >= 0.3 is 0 Å². The molecule has 0 unspecified atom stereocenters. The first-order valence-electron chi connectivity index (χ1n) is 4.75. The van der Waals surface area contributed by atoms with E-state index in [1.165, 1.54) is 0 Å². The molecule has 1 nitrogen and oxygen atoms in total. The SMILES string of the molecule is Clc1cccc(Cl)c1.O=C(Cl)c1ccccc1. The molecule has 0 aliphatic heterocycles. The van der Waals surface area contributed by atoms with Crippen LogP contribution < -0.4 is 0 Å². The van der Waals surface area contributed by atoms with Crippen molar-refractivity contribution in [3.63, 3.8) is 0 Å². The Hall–Kier alpha value is -1.02. The Balaban J connectivity index is 0.000000171. The van der Waals surface area contributed by atoms with Crippen LogP contribution in [0.3, 0.4) is 0 Å². The maximum Gasteiger partial charge on any atom is 0.252 e. The van der Waals surface area contributed by atoms with E-state index in [1.54, 1.807) is 42.5 Å². The largest absolute Gasteiger partial charge is 0.276 e. The highest BCUT2D eigenvalue weighted by atomic mass is 35.5. The van der Waals surface area contributed by atoms with Crippen LogP contribution in [0.5, 0.6) is 0 Å². The van der Waals surface area contributed by atoms with Crippen molar-refractivity contribution in [3.05, 3.63) is 70.2 Å². The Kier molecular flexibility index (Phi) is 6.06. The first-order valence-corrected chi connectivity index (χ1v) is 5.89. The van der Waals surface area contributed by atoms with E-state index in [-0.39, 0.29) is 0 Å². The summed E-state index contributed by atoms with van der Waals surface area (Å²) in [4.78, 5) is 10.4. The van der Waals surface area contributed by atoms with Gasteiger partial charge in [-0.05, 0) is 29.8 Å². The van der Waals surface area contributed by atoms with E-state index in [2.05, 4.69) is 0 Å². The van der Waals surface area contributed by atoms with E-state index in [0.29, 0.717) is 15.6 Å². The Bertz CT molecular complexity index is 466. The minimum absolute atomic E-state index is 0.407. The van der Waals surface area contributed by atoms with Gasteiger partial charge < -0.3 is 0 Å². The van der Waals surface area contributed by atoms with Crippen LogP contribution in [0.1, 0.15) is 10.4 Å². The fourth-order valence-electron chi connectivity index (χ4n) is 1.03. The van der Waals surface area contributed by atoms with Crippen LogP contribution in [0.15, 0.2) is 54.6 Å². The summed E-state index contributed by atoms with van der Waals surface area (Å²) in [7, 11) is 0. The van der Waals surface area contributed by atoms with Crippen molar-refractivity contribution < 1.29 is 4.79 Å². The van der Waals surface area contributed by atoms with Crippen LogP contribution in [0.4, 0.5) is 0 Å². The molecule has 88 valence electrons. The lowest BCUT2D eigenvalue weighted by atomic mass is 10.2. The monoisotopic (exact) mass is 286 g/mol. The third kappa shape index (κ3) is 5.73. The molecule has 0 fully saturated rings. The number of carbonyl (C=O) groups is 1. The first kappa shape index (κ1) is 14.0. The van der Waals surface area contributed by atoms with Gasteiger partial charge in [0.25, 0.3) is 5.24 Å². The summed E-state index contributed by atoms with van der Waals surface area (Å²) in [6.45, 7) is 0. The molecule has 0 saturated heterocycles. The van der Waals surface area contributed by atoms with Crippen LogP contribution in [-0.4, -0.2) is 5.24 Å². The molecular formula is C13H9Cl3O. The van der Waals surface area contributed by atoms with Gasteiger partial charge in [-0.1, -0.05) is 59.6 Å². The van der Waals surface area contributed by atoms with Crippen LogP contribution in [0.2, 0.25) is 10.0 Å². The van der Waals surface area contributed by atoms with Gasteiger partial charge in [-0.25, -0.2) is 0 Å². The zero-order valence-corrected chi connectivity index (χ0v) is 11.0. The van der Waals surface area contributed by atoms with E-state index in [1.807, 2.05) is 12.1 Å². The zero-order valence-electron chi connectivity index (χ0n) is 8.74. The Morgan fingerprint density at radius 2 is 1.35 bits per heavy atom. The Morgan fingerprint density at radius 1 is 0.824 bits per heavy atom. The van der Waals surface area contributed by atoms with E-state index >= 15 is 0 Å². The number of halogens is 3. The van der Waals surface area contributed by atoms with E-state index < -0.39 is 5.24 Å². The molecule has 0 N–H and O–H groups in total. The van der Waals surface area contributed by atoms with Crippen molar-refractivity contribution >= 4 is 40.0 Å². The van der Waals surface area contributed by atoms with Crippen molar-refractivity contribution in [1.82, 2.24) is 0 Å². The summed E-state index contributed by atoms with van der Waals surface area (Å²) in [6.07, 6.45) is 0. The van der Waals surface area contributed by atoms with Crippen LogP contribution in [0, 0.1) is 0 Å². The van der Waals surface area contributed by atoms with Gasteiger partial charge in [-0.2, -0.15) is 0 Å². The number of hydrogen-bond acceptors (Lipinski definition) is 1. The fourth-order valence-corrected chi connectivity index (χ4v) is 1.59. The maximum atomic E-state index is 10.4. The number of rotatable bonds is 1. The van der Waals surface area contributed by atoms with Gasteiger partial charge in [0.1, 0.15) is 0 Å². The zero-order chi connectivity index (χ0) is 12.7. The highest BCUT2D eigenvalue weighted by Gasteiger charge is 1.95. The van der Waals surface area contributed by atoms with Crippen LogP contribution in [-0.2, 0) is 0 Å². The molecular weight excluding hydrogens is 279 g/mol. The van der Waals surface area contributed by atoms with Crippen molar-refractivity contribution in [3.8, 4) is 0 Å². The average molecular weight is 288 g/mol. The molecule has 0 saturated carbocycles. The molecule has 0 atom stereocenters. The molecule has 4 heteroatoms. The Morgan fingerprint density at radius 3 is 1.65 bits per heavy atom. The molecule has 0 spiro atoms. The molecule has 0 amide bonds. The van der Waals surface area contributed by atoms with Gasteiger partial charge in [0, 0.05) is 15.6 Å². The van der Waals surface area contributed by atoms with Crippen LogP contribution >= 0.6 is 34.8 Å². The number of benzene rings is 2. The molecule has 2 rings (SSSR count). The summed E-state index contributed by atoms with van der Waals surface area (Å²) in [5, 5.41) is 0.950. The first-order chi connectivity index (χ1) is 8.09. The van der Waals surface area contributed by atoms with Gasteiger partial charge in [-0.15, -0.1) is 0 Å². The van der Waals surface area contributed by atoms with Gasteiger partial charge in [0.2, 0.25) is 0 Å². The van der Waals surface area contributed by atoms with Gasteiger partial charge in [0.05, 0.1) is 0 Å². The van der Waals surface area contributed by atoms with Crippen molar-refractivity contribution in [2.45, 2.75) is 0 Å². The second-order valence-electron chi connectivity index (χ2n) is 3.08. The quantitative estimate of drug-likeness (QED) is 0.670. The highest BCUT2D eigenvalue weighted by molar-refractivity contribution is 6.67. The van der Waals surface area contributed by atoms with Crippen molar-refractivity contribution in [2.75, 3.05) is 0 Å². The summed E-state index contributed by atoms with van der Waals surface area (Å²) in [6, 6.07) is 15.8. The average Bonchev–Trinajstić information content (AvgIpc) is 2.30. The predicted octanol–water partition coefficient (Wildman–Crippen LogP) is 5.06. The molecule has 17 heavy (non-hydrogen) atoms. The molecule has 0 radical (unpaired) electrons. The lowest BCUT2D eigenvalue weighted by Gasteiger charge is -1.87. The number of carbonyl (C=O) groups excluding carboxylic acids is 1. The lowest BCUT2D eigenvalue weighted by Crippen LogP contribution is -1.84. The smallest absolute Gasteiger partial charge is 0.252 e. The summed E-state index contributed by atoms with van der Waals surface area (Å²) in [5.41, 5.74) is 0.541. The van der Waals surface area contributed by atoms with Crippen molar-refractivity contribution in [2.24, 2.45) is 0 Å². The molecule has 0 aromatic heterocycles. The molecule has 2 aromatic rings. The summed E-state index contributed by atoms with van der Waals surface area (Å²) in [5.74, 6) is 0. The second kappa shape index (κ2) is 7.33. The molecule has 0 heterocycles. The van der Waals surface area contributed by atoms with Crippen LogP contribution in [0.25, 0.3) is 0 Å². The Labute approximate surface area is 115 Å². The van der Waals surface area contributed by atoms with Gasteiger partial charge in [0.15, 0.2) is 0 Å². The van der Waals surface area contributed by atoms with Gasteiger partial charge in [-0.3, -0.25) is 4.79 Å². The van der Waals surface area contributed by atoms with E-state index in [0.717, 1.165) is 0 Å². The molecule has 2 aromatic carbocycles. The summed E-state index contributed by atoms with van der Waals surface area (Å²) >= 11 is 16.3. The molecule has 0 bridgehead atoms. The molecule has 0 aliphatic carbocycles. The number of hydrogen-bond donors (Lipinski definition) is 0. The lowest BCUT2D eigenvalue weighted by molar-refractivity contribution is 0.108. The highest BCUT2D eigenvalue weighted by Crippen LogP contribution is 2.13. The normalized spacial score (nSPS) is 9.12. The maximum absolute atomic E-state index is 10.4. The van der Waals surface area contributed by atoms with Crippen molar-refractivity contribution in [1.29, 1.82) is 0 Å². The molecule has 0 aliphatic rings. The summed E-state index contributed by atoms with van der Waals surface area (Å²) < 4.78 is 0. The minimum Gasteiger partial charge on any atom is -0.276 e. The van der Waals surface area contributed by atoms with E-state index in [9.17, 15) is 4.79 Å². The predicted molar refractivity (Wildman–Crippen MR) is 73.1 cm³/mol. The fraction of sp³-hybridized carbons (Fsp3) is 0.